The van der Waals surface area contributed by atoms with Crippen LogP contribution >= 0.6 is 0 Å². The Balaban J connectivity index is 1.88. The number of carbonyl (C=O) groups excluding carboxylic acids is 3. The van der Waals surface area contributed by atoms with Crippen molar-refractivity contribution in [2.45, 2.75) is 20.3 Å². The minimum atomic E-state index is -0.505. The van der Waals surface area contributed by atoms with E-state index in [1.807, 2.05) is 13.8 Å². The lowest BCUT2D eigenvalue weighted by Gasteiger charge is -2.14. The van der Waals surface area contributed by atoms with Crippen molar-refractivity contribution in [2.24, 2.45) is 0 Å². The summed E-state index contributed by atoms with van der Waals surface area (Å²) in [5.74, 6) is -0.717. The minimum Gasteiger partial charge on any atom is -0.494 e. The molecule has 0 saturated heterocycles. The van der Waals surface area contributed by atoms with Crippen LogP contribution in [0.25, 0.3) is 0 Å². The molecule has 1 aliphatic rings. The zero-order chi connectivity index (χ0) is 18.7. The highest BCUT2D eigenvalue weighted by Crippen LogP contribution is 2.30. The number of benzene rings is 2. The van der Waals surface area contributed by atoms with E-state index in [1.54, 1.807) is 24.3 Å². The number of carbonyl (C=O) groups is 3. The first-order chi connectivity index (χ1) is 12.6. The number of esters is 1. The summed E-state index contributed by atoms with van der Waals surface area (Å²) >= 11 is 0. The van der Waals surface area contributed by atoms with Crippen molar-refractivity contribution >= 4 is 23.5 Å². The second kappa shape index (κ2) is 7.39. The second-order valence-corrected chi connectivity index (χ2v) is 5.77. The van der Waals surface area contributed by atoms with Crippen LogP contribution in [0.15, 0.2) is 42.5 Å². The predicted octanol–water partition coefficient (Wildman–Crippen LogP) is 3.45. The molecule has 0 atom stereocenters. The van der Waals surface area contributed by atoms with Crippen LogP contribution in [0.4, 0.5) is 5.69 Å². The molecule has 134 valence electrons. The van der Waals surface area contributed by atoms with E-state index in [0.717, 1.165) is 4.90 Å². The molecule has 2 aromatic rings. The number of ether oxygens (including phenoxy) is 2. The number of anilines is 1. The number of rotatable bonds is 6. The minimum absolute atomic E-state index is 0.204. The summed E-state index contributed by atoms with van der Waals surface area (Å²) in [5, 5.41) is 0. The van der Waals surface area contributed by atoms with E-state index < -0.39 is 17.8 Å². The zero-order valence-corrected chi connectivity index (χ0v) is 14.7. The van der Waals surface area contributed by atoms with Gasteiger partial charge in [0.2, 0.25) is 0 Å². The van der Waals surface area contributed by atoms with Crippen LogP contribution < -0.4 is 9.64 Å². The van der Waals surface area contributed by atoms with E-state index in [4.69, 9.17) is 9.47 Å². The summed E-state index contributed by atoms with van der Waals surface area (Å²) in [6, 6.07) is 11.1. The Hall–Kier alpha value is -3.15. The zero-order valence-electron chi connectivity index (χ0n) is 14.7. The molecule has 0 bridgehead atoms. The highest BCUT2D eigenvalue weighted by Gasteiger charge is 2.37. The van der Waals surface area contributed by atoms with Gasteiger partial charge in [-0.3, -0.25) is 9.59 Å². The number of fused-ring (bicyclic) bond motifs is 1. The molecule has 0 aromatic heterocycles. The molecule has 1 aliphatic heterocycles. The van der Waals surface area contributed by atoms with Gasteiger partial charge in [0.25, 0.3) is 11.8 Å². The molecule has 3 rings (SSSR count). The molecular formula is C20H19NO5. The smallest absolute Gasteiger partial charge is 0.338 e. The molecule has 0 aliphatic carbocycles. The number of amides is 2. The second-order valence-electron chi connectivity index (χ2n) is 5.77. The maximum Gasteiger partial charge on any atom is 0.338 e. The van der Waals surface area contributed by atoms with Crippen LogP contribution in [-0.4, -0.2) is 31.0 Å². The van der Waals surface area contributed by atoms with Crippen molar-refractivity contribution < 1.29 is 23.9 Å². The fourth-order valence-electron chi connectivity index (χ4n) is 2.74. The maximum atomic E-state index is 12.7. The first-order valence-electron chi connectivity index (χ1n) is 8.49. The fraction of sp³-hybridized carbons (Fsp3) is 0.250. The Morgan fingerprint density at radius 2 is 1.65 bits per heavy atom. The molecule has 6 nitrogen and oxygen atoms in total. The lowest BCUT2D eigenvalue weighted by molar-refractivity contribution is 0.0505. The van der Waals surface area contributed by atoms with Gasteiger partial charge in [-0.1, -0.05) is 6.92 Å². The number of imide groups is 1. The summed E-state index contributed by atoms with van der Waals surface area (Å²) in [6.07, 6.45) is 0.708. The van der Waals surface area contributed by atoms with E-state index in [-0.39, 0.29) is 16.7 Å². The third kappa shape index (κ3) is 3.18. The fourth-order valence-corrected chi connectivity index (χ4v) is 2.74. The molecule has 26 heavy (non-hydrogen) atoms. The Morgan fingerprint density at radius 3 is 2.31 bits per heavy atom. The molecule has 0 spiro atoms. The first kappa shape index (κ1) is 17.7. The van der Waals surface area contributed by atoms with Crippen LogP contribution in [0, 0.1) is 0 Å². The largest absolute Gasteiger partial charge is 0.494 e. The first-order valence-corrected chi connectivity index (χ1v) is 8.49. The summed E-state index contributed by atoms with van der Waals surface area (Å²) < 4.78 is 10.5. The molecule has 0 fully saturated rings. The quantitative estimate of drug-likeness (QED) is 0.587. The van der Waals surface area contributed by atoms with Gasteiger partial charge in [-0.25, -0.2) is 9.69 Å². The van der Waals surface area contributed by atoms with Crippen LogP contribution in [0.5, 0.6) is 5.75 Å². The molecule has 0 radical (unpaired) electrons. The molecular weight excluding hydrogens is 334 g/mol. The average Bonchev–Trinajstić information content (AvgIpc) is 2.91. The Labute approximate surface area is 151 Å². The third-order valence-electron chi connectivity index (χ3n) is 3.97. The van der Waals surface area contributed by atoms with Gasteiger partial charge in [-0.05, 0) is 55.8 Å². The van der Waals surface area contributed by atoms with Crippen LogP contribution in [0.3, 0.4) is 0 Å². The van der Waals surface area contributed by atoms with Gasteiger partial charge in [0.05, 0.1) is 35.6 Å². The molecule has 0 N–H and O–H groups in total. The van der Waals surface area contributed by atoms with E-state index in [1.165, 1.54) is 18.2 Å². The van der Waals surface area contributed by atoms with Gasteiger partial charge in [0.1, 0.15) is 5.75 Å². The van der Waals surface area contributed by atoms with E-state index in [0.29, 0.717) is 31.1 Å². The monoisotopic (exact) mass is 353 g/mol. The summed E-state index contributed by atoms with van der Waals surface area (Å²) in [7, 11) is 0. The third-order valence-corrected chi connectivity index (χ3v) is 3.97. The normalized spacial score (nSPS) is 12.9. The molecule has 0 saturated carbocycles. The maximum absolute atomic E-state index is 12.7. The lowest BCUT2D eigenvalue weighted by Crippen LogP contribution is -2.29. The van der Waals surface area contributed by atoms with Gasteiger partial charge in [0.15, 0.2) is 0 Å². The van der Waals surface area contributed by atoms with Crippen molar-refractivity contribution in [3.8, 4) is 5.75 Å². The van der Waals surface area contributed by atoms with Crippen molar-refractivity contribution in [1.82, 2.24) is 0 Å². The molecule has 0 unspecified atom stereocenters. The van der Waals surface area contributed by atoms with E-state index in [2.05, 4.69) is 0 Å². The highest BCUT2D eigenvalue weighted by molar-refractivity contribution is 6.34. The summed E-state index contributed by atoms with van der Waals surface area (Å²) in [4.78, 5) is 38.5. The van der Waals surface area contributed by atoms with Crippen molar-refractivity contribution in [1.29, 1.82) is 0 Å². The molecule has 6 heteroatoms. The van der Waals surface area contributed by atoms with E-state index >= 15 is 0 Å². The summed E-state index contributed by atoms with van der Waals surface area (Å²) in [6.45, 7) is 4.61. The Kier molecular flexibility index (Phi) is 5.02. The van der Waals surface area contributed by atoms with E-state index in [9.17, 15) is 14.4 Å². The van der Waals surface area contributed by atoms with Gasteiger partial charge in [0, 0.05) is 0 Å². The number of hydrogen-bond donors (Lipinski definition) is 0. The number of hydrogen-bond acceptors (Lipinski definition) is 5. The van der Waals surface area contributed by atoms with Crippen LogP contribution in [0.1, 0.15) is 51.3 Å². The predicted molar refractivity (Wildman–Crippen MR) is 95.8 cm³/mol. The van der Waals surface area contributed by atoms with Gasteiger partial charge < -0.3 is 9.47 Å². The standard InChI is InChI=1S/C20H19NO5/c1-3-11-26-20(24)13-5-10-16-17(12-13)19(23)21(18(16)22)14-6-8-15(9-7-14)25-4-2/h5-10,12H,3-4,11H2,1-2H3. The average molecular weight is 353 g/mol. The van der Waals surface area contributed by atoms with Crippen LogP contribution in [0.2, 0.25) is 0 Å². The SMILES string of the molecule is CCCOC(=O)c1ccc2c(c1)C(=O)N(c1ccc(OCC)cc1)C2=O. The number of nitrogens with zero attached hydrogens (tertiary/aromatic N) is 1. The Bertz CT molecular complexity index is 857. The molecule has 2 aromatic carbocycles. The lowest BCUT2D eigenvalue weighted by atomic mass is 10.1. The van der Waals surface area contributed by atoms with Crippen molar-refractivity contribution in [3.05, 3.63) is 59.2 Å². The molecule has 1 heterocycles. The van der Waals surface area contributed by atoms with Gasteiger partial charge in [-0.2, -0.15) is 0 Å². The van der Waals surface area contributed by atoms with Crippen molar-refractivity contribution in [3.63, 3.8) is 0 Å². The topological polar surface area (TPSA) is 72.9 Å². The highest BCUT2D eigenvalue weighted by atomic mass is 16.5. The summed E-state index contributed by atoms with van der Waals surface area (Å²) in [5.41, 5.74) is 1.19. The van der Waals surface area contributed by atoms with Crippen LogP contribution in [-0.2, 0) is 4.74 Å². The Morgan fingerprint density at radius 1 is 0.962 bits per heavy atom. The van der Waals surface area contributed by atoms with Gasteiger partial charge in [-0.15, -0.1) is 0 Å². The van der Waals surface area contributed by atoms with Gasteiger partial charge >= 0.3 is 5.97 Å². The van der Waals surface area contributed by atoms with Crippen molar-refractivity contribution in [2.75, 3.05) is 18.1 Å². The molecule has 2 amide bonds.